The lowest BCUT2D eigenvalue weighted by Gasteiger charge is -2.36. The second-order valence-electron chi connectivity index (χ2n) is 7.62. The molecule has 0 aromatic rings. The Kier molecular flexibility index (Phi) is 5.80. The Balaban J connectivity index is 2.12. The van der Waals surface area contributed by atoms with Crippen molar-refractivity contribution in [1.82, 2.24) is 10.2 Å². The van der Waals surface area contributed by atoms with Crippen molar-refractivity contribution < 1.29 is 9.59 Å². The van der Waals surface area contributed by atoms with Crippen LogP contribution >= 0.6 is 11.8 Å². The average molecular weight is 360 g/mol. The van der Waals surface area contributed by atoms with Gasteiger partial charge in [-0.15, -0.1) is 0 Å². The molecule has 1 saturated heterocycles. The summed E-state index contributed by atoms with van der Waals surface area (Å²) < 4.78 is 0. The minimum Gasteiger partial charge on any atom is -0.341 e. The number of nitrogens with zero attached hydrogens (tertiary/aromatic N) is 3. The molecule has 3 atom stereocenters. The SMILES string of the molecule is C[C@@H]1C[C@@H](C)CN(C(=O)CSC2=C(C#N)C(C)(C)[C@H](C#N)C(=O)N2)C1. The van der Waals surface area contributed by atoms with Crippen molar-refractivity contribution in [2.24, 2.45) is 23.2 Å². The molecule has 0 spiro atoms. The van der Waals surface area contributed by atoms with Gasteiger partial charge in [-0.1, -0.05) is 39.5 Å². The summed E-state index contributed by atoms with van der Waals surface area (Å²) in [6.45, 7) is 9.23. The molecule has 0 aromatic heterocycles. The van der Waals surface area contributed by atoms with Crippen LogP contribution in [0.1, 0.15) is 34.1 Å². The van der Waals surface area contributed by atoms with Gasteiger partial charge >= 0.3 is 0 Å². The van der Waals surface area contributed by atoms with Crippen molar-refractivity contribution in [3.63, 3.8) is 0 Å². The predicted molar refractivity (Wildman–Crippen MR) is 95.6 cm³/mol. The van der Waals surface area contributed by atoms with Gasteiger partial charge in [0.15, 0.2) is 0 Å². The van der Waals surface area contributed by atoms with E-state index in [1.54, 1.807) is 13.8 Å². The third kappa shape index (κ3) is 3.99. The molecule has 2 rings (SSSR count). The molecule has 25 heavy (non-hydrogen) atoms. The number of nitriles is 2. The molecule has 0 aliphatic carbocycles. The Bertz CT molecular complexity index is 676. The van der Waals surface area contributed by atoms with Gasteiger partial charge in [-0.05, 0) is 18.3 Å². The fourth-order valence-electron chi connectivity index (χ4n) is 3.63. The molecule has 6 nitrogen and oxygen atoms in total. The Morgan fingerprint density at radius 3 is 2.44 bits per heavy atom. The number of carbonyl (C=O) groups is 2. The molecule has 7 heteroatoms. The molecule has 1 fully saturated rings. The number of piperidine rings is 1. The van der Waals surface area contributed by atoms with Crippen LogP contribution in [0.3, 0.4) is 0 Å². The summed E-state index contributed by atoms with van der Waals surface area (Å²) in [6, 6.07) is 4.09. The lowest BCUT2D eigenvalue weighted by atomic mass is 9.72. The zero-order valence-corrected chi connectivity index (χ0v) is 15.9. The van der Waals surface area contributed by atoms with E-state index in [0.717, 1.165) is 19.5 Å². The fourth-order valence-corrected chi connectivity index (χ4v) is 4.70. The minimum atomic E-state index is -0.911. The summed E-state index contributed by atoms with van der Waals surface area (Å²) in [5.74, 6) is -0.170. The van der Waals surface area contributed by atoms with Gasteiger partial charge in [0.1, 0.15) is 5.92 Å². The number of allylic oxidation sites excluding steroid dienone is 1. The van der Waals surface area contributed by atoms with Crippen LogP contribution < -0.4 is 5.32 Å². The van der Waals surface area contributed by atoms with Crippen LogP contribution in [-0.2, 0) is 9.59 Å². The molecular formula is C18H24N4O2S. The van der Waals surface area contributed by atoms with E-state index >= 15 is 0 Å². The van der Waals surface area contributed by atoms with E-state index in [1.807, 2.05) is 11.0 Å². The van der Waals surface area contributed by atoms with E-state index in [0.29, 0.717) is 22.4 Å². The standard InChI is InChI=1S/C18H24N4O2S/c1-11-5-12(2)9-22(8-11)15(23)10-25-17-14(7-20)18(3,4)13(6-19)16(24)21-17/h11-13H,5,8-10H2,1-4H3,(H,21,24)/t11-,12-,13-/m1/s1. The van der Waals surface area contributed by atoms with Gasteiger partial charge in [0.2, 0.25) is 11.8 Å². The third-order valence-corrected chi connectivity index (χ3v) is 5.88. The molecule has 2 aliphatic rings. The number of rotatable bonds is 3. The Labute approximate surface area is 153 Å². The number of thioether (sulfide) groups is 1. The van der Waals surface area contributed by atoms with Crippen LogP contribution in [0.4, 0.5) is 0 Å². The third-order valence-electron chi connectivity index (χ3n) is 4.89. The summed E-state index contributed by atoms with van der Waals surface area (Å²) in [7, 11) is 0. The van der Waals surface area contributed by atoms with Gasteiger partial charge in [0.05, 0.1) is 28.5 Å². The largest absolute Gasteiger partial charge is 0.341 e. The van der Waals surface area contributed by atoms with Crippen LogP contribution in [0.15, 0.2) is 10.6 Å². The van der Waals surface area contributed by atoms with Gasteiger partial charge in [-0.2, -0.15) is 10.5 Å². The van der Waals surface area contributed by atoms with Gasteiger partial charge in [-0.25, -0.2) is 0 Å². The summed E-state index contributed by atoms with van der Waals surface area (Å²) in [4.78, 5) is 26.6. The lowest BCUT2D eigenvalue weighted by Crippen LogP contribution is -2.45. The Morgan fingerprint density at radius 1 is 1.32 bits per heavy atom. The first kappa shape index (κ1) is 19.3. The van der Waals surface area contributed by atoms with Crippen molar-refractivity contribution in [2.45, 2.75) is 34.1 Å². The topological polar surface area (TPSA) is 97.0 Å². The number of amides is 2. The molecule has 2 aliphatic heterocycles. The summed E-state index contributed by atoms with van der Waals surface area (Å²) in [6.07, 6.45) is 1.13. The highest BCUT2D eigenvalue weighted by Crippen LogP contribution is 2.41. The first-order valence-corrected chi connectivity index (χ1v) is 9.45. The maximum Gasteiger partial charge on any atom is 0.243 e. The monoisotopic (exact) mass is 360 g/mol. The van der Waals surface area contributed by atoms with E-state index in [2.05, 4.69) is 25.2 Å². The Morgan fingerprint density at radius 2 is 1.92 bits per heavy atom. The second kappa shape index (κ2) is 7.49. The maximum atomic E-state index is 12.5. The van der Waals surface area contributed by atoms with E-state index in [9.17, 15) is 20.1 Å². The molecule has 2 heterocycles. The predicted octanol–water partition coefficient (Wildman–Crippen LogP) is 2.26. The lowest BCUT2D eigenvalue weighted by molar-refractivity contribution is -0.131. The van der Waals surface area contributed by atoms with Gasteiger partial charge in [0.25, 0.3) is 0 Å². The maximum absolute atomic E-state index is 12.5. The fraction of sp³-hybridized carbons (Fsp3) is 0.667. The number of carbonyl (C=O) groups excluding carboxylic acids is 2. The zero-order chi connectivity index (χ0) is 18.8. The first-order valence-electron chi connectivity index (χ1n) is 8.46. The number of hydrogen-bond donors (Lipinski definition) is 1. The molecule has 0 aromatic carbocycles. The average Bonchev–Trinajstić information content (AvgIpc) is 2.51. The van der Waals surface area contributed by atoms with Crippen molar-refractivity contribution in [2.75, 3.05) is 18.8 Å². The van der Waals surface area contributed by atoms with E-state index < -0.39 is 17.2 Å². The number of nitrogens with one attached hydrogen (secondary N) is 1. The van der Waals surface area contributed by atoms with Gasteiger partial charge in [0, 0.05) is 18.5 Å². The molecule has 0 saturated carbocycles. The highest BCUT2D eigenvalue weighted by molar-refractivity contribution is 8.03. The second-order valence-corrected chi connectivity index (χ2v) is 8.61. The van der Waals surface area contributed by atoms with Crippen molar-refractivity contribution >= 4 is 23.6 Å². The van der Waals surface area contributed by atoms with Gasteiger partial charge in [-0.3, -0.25) is 9.59 Å². The van der Waals surface area contributed by atoms with Crippen LogP contribution in [0.2, 0.25) is 0 Å². The van der Waals surface area contributed by atoms with Crippen molar-refractivity contribution in [3.05, 3.63) is 10.6 Å². The van der Waals surface area contributed by atoms with Crippen LogP contribution in [-0.4, -0.2) is 35.6 Å². The highest BCUT2D eigenvalue weighted by Gasteiger charge is 2.44. The molecular weight excluding hydrogens is 336 g/mol. The normalized spacial score (nSPS) is 28.8. The van der Waals surface area contributed by atoms with Crippen LogP contribution in [0.25, 0.3) is 0 Å². The number of hydrogen-bond acceptors (Lipinski definition) is 5. The highest BCUT2D eigenvalue weighted by atomic mass is 32.2. The number of likely N-dealkylation sites (tertiary alicyclic amines) is 1. The summed E-state index contributed by atoms with van der Waals surface area (Å²) >= 11 is 1.18. The first-order chi connectivity index (χ1) is 11.7. The van der Waals surface area contributed by atoms with E-state index in [4.69, 9.17) is 0 Å². The van der Waals surface area contributed by atoms with Crippen molar-refractivity contribution in [1.29, 1.82) is 10.5 Å². The van der Waals surface area contributed by atoms with Crippen LogP contribution in [0.5, 0.6) is 0 Å². The molecule has 0 unspecified atom stereocenters. The van der Waals surface area contributed by atoms with Crippen LogP contribution in [0, 0.1) is 45.8 Å². The molecule has 0 radical (unpaired) electrons. The molecule has 1 N–H and O–H groups in total. The summed E-state index contributed by atoms with van der Waals surface area (Å²) in [5.41, 5.74) is -0.511. The smallest absolute Gasteiger partial charge is 0.243 e. The minimum absolute atomic E-state index is 0.0163. The molecule has 2 amide bonds. The van der Waals surface area contributed by atoms with E-state index in [-0.39, 0.29) is 11.7 Å². The Hall–Kier alpha value is -1.99. The quantitative estimate of drug-likeness (QED) is 0.832. The van der Waals surface area contributed by atoms with E-state index in [1.165, 1.54) is 11.8 Å². The molecule has 134 valence electrons. The molecule has 0 bridgehead atoms. The van der Waals surface area contributed by atoms with Crippen molar-refractivity contribution in [3.8, 4) is 12.1 Å². The summed E-state index contributed by atoms with van der Waals surface area (Å²) in [5, 5.41) is 21.8. The zero-order valence-electron chi connectivity index (χ0n) is 15.1. The van der Waals surface area contributed by atoms with Gasteiger partial charge < -0.3 is 10.2 Å².